The molecule has 1 heterocycles. The Morgan fingerprint density at radius 1 is 1.69 bits per heavy atom. The van der Waals surface area contributed by atoms with Gasteiger partial charge in [0.05, 0.1) is 0 Å². The van der Waals surface area contributed by atoms with Gasteiger partial charge in [-0.25, -0.2) is 0 Å². The Bertz CT molecular complexity index is 182. The molecule has 2 N–H and O–H groups in total. The predicted molar refractivity (Wildman–Crippen MR) is 53.2 cm³/mol. The van der Waals surface area contributed by atoms with E-state index in [4.69, 9.17) is 5.73 Å². The van der Waals surface area contributed by atoms with Gasteiger partial charge in [0.2, 0.25) is 5.91 Å². The summed E-state index contributed by atoms with van der Waals surface area (Å²) in [6, 6.07) is 0.478. The van der Waals surface area contributed by atoms with E-state index in [1.165, 1.54) is 0 Å². The fraction of sp³-hybridized carbons (Fsp3) is 0.900. The summed E-state index contributed by atoms with van der Waals surface area (Å²) in [5, 5.41) is 0. The molecule has 0 aliphatic carbocycles. The second-order valence-corrected chi connectivity index (χ2v) is 3.81. The smallest absolute Gasteiger partial charge is 0.219 e. The SMILES string of the molecule is CCC(CCN)C1CCN1C(C)=O. The molecule has 0 spiro atoms. The lowest BCUT2D eigenvalue weighted by Crippen LogP contribution is -2.54. The van der Waals surface area contributed by atoms with Gasteiger partial charge in [-0.15, -0.1) is 0 Å². The summed E-state index contributed by atoms with van der Waals surface area (Å²) in [5.41, 5.74) is 5.54. The monoisotopic (exact) mass is 184 g/mol. The Hall–Kier alpha value is -0.570. The molecule has 1 rings (SSSR count). The first-order valence-electron chi connectivity index (χ1n) is 5.18. The minimum Gasteiger partial charge on any atom is -0.340 e. The number of hydrogen-bond donors (Lipinski definition) is 1. The standard InChI is InChI=1S/C10H20N2O/c1-3-9(4-6-11)10-5-7-12(10)8(2)13/h9-10H,3-7,11H2,1-2H3. The molecule has 0 aromatic carbocycles. The molecule has 2 unspecified atom stereocenters. The van der Waals surface area contributed by atoms with Gasteiger partial charge in [0.1, 0.15) is 0 Å². The van der Waals surface area contributed by atoms with Crippen molar-refractivity contribution < 1.29 is 4.79 Å². The fourth-order valence-electron chi connectivity index (χ4n) is 2.17. The van der Waals surface area contributed by atoms with Crippen LogP contribution in [0.2, 0.25) is 0 Å². The number of amides is 1. The average Bonchev–Trinajstić information content (AvgIpc) is 2.00. The van der Waals surface area contributed by atoms with Crippen molar-refractivity contribution in [1.29, 1.82) is 0 Å². The van der Waals surface area contributed by atoms with Crippen LogP contribution in [0, 0.1) is 5.92 Å². The normalized spacial score (nSPS) is 23.9. The number of carbonyl (C=O) groups excluding carboxylic acids is 1. The van der Waals surface area contributed by atoms with Gasteiger partial charge in [-0.2, -0.15) is 0 Å². The Kier molecular flexibility index (Phi) is 3.72. The molecular formula is C10H20N2O. The zero-order valence-corrected chi connectivity index (χ0v) is 8.62. The van der Waals surface area contributed by atoms with E-state index in [9.17, 15) is 4.79 Å². The summed E-state index contributed by atoms with van der Waals surface area (Å²) in [5.74, 6) is 0.828. The molecule has 0 bridgehead atoms. The molecule has 3 heteroatoms. The van der Waals surface area contributed by atoms with E-state index in [-0.39, 0.29) is 5.91 Å². The van der Waals surface area contributed by atoms with E-state index in [0.717, 1.165) is 32.4 Å². The molecule has 1 aliphatic rings. The zero-order chi connectivity index (χ0) is 9.84. The van der Waals surface area contributed by atoms with E-state index in [2.05, 4.69) is 6.92 Å². The highest BCUT2D eigenvalue weighted by atomic mass is 16.2. The van der Waals surface area contributed by atoms with E-state index in [1.54, 1.807) is 6.92 Å². The third-order valence-electron chi connectivity index (χ3n) is 3.08. The highest BCUT2D eigenvalue weighted by Crippen LogP contribution is 2.28. The van der Waals surface area contributed by atoms with Crippen LogP contribution in [0.15, 0.2) is 0 Å². The van der Waals surface area contributed by atoms with Crippen LogP contribution in [0.3, 0.4) is 0 Å². The lowest BCUT2D eigenvalue weighted by atomic mass is 9.85. The van der Waals surface area contributed by atoms with Crippen LogP contribution < -0.4 is 5.73 Å². The molecule has 1 saturated heterocycles. The highest BCUT2D eigenvalue weighted by Gasteiger charge is 2.34. The van der Waals surface area contributed by atoms with Crippen LogP contribution in [0.4, 0.5) is 0 Å². The number of carbonyl (C=O) groups is 1. The van der Waals surface area contributed by atoms with Gasteiger partial charge >= 0.3 is 0 Å². The molecule has 0 aromatic rings. The second-order valence-electron chi connectivity index (χ2n) is 3.81. The molecule has 0 saturated carbocycles. The molecular weight excluding hydrogens is 164 g/mol. The summed E-state index contributed by atoms with van der Waals surface area (Å²) in [6.07, 6.45) is 3.34. The quantitative estimate of drug-likeness (QED) is 0.708. The number of nitrogens with two attached hydrogens (primary N) is 1. The second kappa shape index (κ2) is 4.61. The van der Waals surface area contributed by atoms with Gasteiger partial charge in [0, 0.05) is 19.5 Å². The van der Waals surface area contributed by atoms with Crippen molar-refractivity contribution in [2.75, 3.05) is 13.1 Å². The first-order chi connectivity index (χ1) is 6.20. The fourth-order valence-corrected chi connectivity index (χ4v) is 2.17. The lowest BCUT2D eigenvalue weighted by Gasteiger charge is -2.45. The Morgan fingerprint density at radius 2 is 2.38 bits per heavy atom. The van der Waals surface area contributed by atoms with Crippen LogP contribution in [0.25, 0.3) is 0 Å². The van der Waals surface area contributed by atoms with Crippen molar-refractivity contribution in [3.05, 3.63) is 0 Å². The van der Waals surface area contributed by atoms with E-state index >= 15 is 0 Å². The molecule has 3 nitrogen and oxygen atoms in total. The van der Waals surface area contributed by atoms with Crippen molar-refractivity contribution in [3.8, 4) is 0 Å². The van der Waals surface area contributed by atoms with Crippen molar-refractivity contribution in [2.24, 2.45) is 11.7 Å². The van der Waals surface area contributed by atoms with Crippen LogP contribution in [0.5, 0.6) is 0 Å². The zero-order valence-electron chi connectivity index (χ0n) is 8.62. The summed E-state index contributed by atoms with van der Waals surface area (Å²) in [7, 11) is 0. The summed E-state index contributed by atoms with van der Waals surface area (Å²) < 4.78 is 0. The van der Waals surface area contributed by atoms with Gasteiger partial charge in [0.15, 0.2) is 0 Å². The van der Waals surface area contributed by atoms with Gasteiger partial charge in [-0.05, 0) is 25.3 Å². The number of nitrogens with zero attached hydrogens (tertiary/aromatic N) is 1. The van der Waals surface area contributed by atoms with Crippen LogP contribution >= 0.6 is 0 Å². The van der Waals surface area contributed by atoms with Crippen molar-refractivity contribution in [2.45, 2.75) is 39.2 Å². The third-order valence-corrected chi connectivity index (χ3v) is 3.08. The van der Waals surface area contributed by atoms with Crippen LogP contribution in [0.1, 0.15) is 33.1 Å². The molecule has 13 heavy (non-hydrogen) atoms. The van der Waals surface area contributed by atoms with Gasteiger partial charge in [-0.3, -0.25) is 4.79 Å². The van der Waals surface area contributed by atoms with Crippen molar-refractivity contribution >= 4 is 5.91 Å². The Morgan fingerprint density at radius 3 is 2.69 bits per heavy atom. The molecule has 76 valence electrons. The van der Waals surface area contributed by atoms with Gasteiger partial charge < -0.3 is 10.6 Å². The molecule has 0 radical (unpaired) electrons. The highest BCUT2D eigenvalue weighted by molar-refractivity contribution is 5.74. The van der Waals surface area contributed by atoms with Crippen molar-refractivity contribution in [3.63, 3.8) is 0 Å². The topological polar surface area (TPSA) is 46.3 Å². The van der Waals surface area contributed by atoms with E-state index < -0.39 is 0 Å². The van der Waals surface area contributed by atoms with Crippen LogP contribution in [-0.2, 0) is 4.79 Å². The maximum Gasteiger partial charge on any atom is 0.219 e. The lowest BCUT2D eigenvalue weighted by molar-refractivity contribution is -0.138. The maximum atomic E-state index is 11.2. The number of likely N-dealkylation sites (tertiary alicyclic amines) is 1. The number of hydrogen-bond acceptors (Lipinski definition) is 2. The first-order valence-corrected chi connectivity index (χ1v) is 5.18. The minimum absolute atomic E-state index is 0.215. The molecule has 1 fully saturated rings. The average molecular weight is 184 g/mol. The molecule has 1 amide bonds. The van der Waals surface area contributed by atoms with Crippen LogP contribution in [-0.4, -0.2) is 29.9 Å². The third kappa shape index (κ3) is 2.21. The largest absolute Gasteiger partial charge is 0.340 e. The van der Waals surface area contributed by atoms with E-state index in [0.29, 0.717) is 12.0 Å². The summed E-state index contributed by atoms with van der Waals surface area (Å²) in [4.78, 5) is 13.1. The van der Waals surface area contributed by atoms with Gasteiger partial charge in [0.25, 0.3) is 0 Å². The van der Waals surface area contributed by atoms with E-state index in [1.807, 2.05) is 4.90 Å². The predicted octanol–water partition coefficient (Wildman–Crippen LogP) is 0.982. The molecule has 2 atom stereocenters. The molecule has 1 aliphatic heterocycles. The number of rotatable bonds is 4. The molecule has 0 aromatic heterocycles. The summed E-state index contributed by atoms with van der Waals surface area (Å²) >= 11 is 0. The van der Waals surface area contributed by atoms with Gasteiger partial charge in [-0.1, -0.05) is 13.3 Å². The summed E-state index contributed by atoms with van der Waals surface area (Å²) in [6.45, 7) is 5.51. The first kappa shape index (κ1) is 10.5. The Labute approximate surface area is 80.3 Å². The van der Waals surface area contributed by atoms with Crippen molar-refractivity contribution in [1.82, 2.24) is 4.90 Å². The minimum atomic E-state index is 0.215. The maximum absolute atomic E-state index is 11.2. The Balaban J connectivity index is 2.45.